The van der Waals surface area contributed by atoms with E-state index in [0.717, 1.165) is 36.1 Å². The Bertz CT molecular complexity index is 1430. The largest absolute Gasteiger partial charge is 0.489 e. The van der Waals surface area contributed by atoms with E-state index < -0.39 is 0 Å². The van der Waals surface area contributed by atoms with Crippen molar-refractivity contribution in [1.29, 1.82) is 0 Å². The summed E-state index contributed by atoms with van der Waals surface area (Å²) < 4.78 is 6.19. The first-order valence-electron chi connectivity index (χ1n) is 14.5. The maximum absolute atomic E-state index is 13.7. The standard InChI is InChI=1S/C38H37NO2/c40-38(35-23-11-4-12-24-35)39(29-27-36(32-18-7-2-8-19-32)33-20-9-3-10-21-33)28-15-25-34-22-13-14-26-37(34)41-30-31-16-5-1-6-17-31/h1-14,16-24,26,36H,15,25,27-30H2. The highest BCUT2D eigenvalue weighted by atomic mass is 16.5. The van der Waals surface area contributed by atoms with Crippen LogP contribution in [0.3, 0.4) is 0 Å². The number of aryl methyl sites for hydroxylation is 1. The molecule has 0 bridgehead atoms. The van der Waals surface area contributed by atoms with Gasteiger partial charge in [-0.2, -0.15) is 0 Å². The molecule has 0 radical (unpaired) electrons. The molecule has 41 heavy (non-hydrogen) atoms. The summed E-state index contributed by atoms with van der Waals surface area (Å²) in [5.74, 6) is 1.21. The van der Waals surface area contributed by atoms with Gasteiger partial charge in [0.2, 0.25) is 0 Å². The van der Waals surface area contributed by atoms with Crippen molar-refractivity contribution in [2.24, 2.45) is 0 Å². The second-order valence-corrected chi connectivity index (χ2v) is 10.3. The first-order valence-corrected chi connectivity index (χ1v) is 14.5. The Morgan fingerprint density at radius 3 is 1.78 bits per heavy atom. The number of ether oxygens (including phenoxy) is 1. The maximum atomic E-state index is 13.7. The van der Waals surface area contributed by atoms with Crippen molar-refractivity contribution in [3.63, 3.8) is 0 Å². The minimum atomic E-state index is 0.0825. The minimum absolute atomic E-state index is 0.0825. The highest BCUT2D eigenvalue weighted by molar-refractivity contribution is 5.94. The molecule has 3 heteroatoms. The van der Waals surface area contributed by atoms with Crippen LogP contribution in [-0.2, 0) is 13.0 Å². The molecule has 0 fully saturated rings. The van der Waals surface area contributed by atoms with E-state index in [0.29, 0.717) is 19.7 Å². The zero-order valence-corrected chi connectivity index (χ0v) is 23.4. The first kappa shape index (κ1) is 27.9. The average molecular weight is 540 g/mol. The van der Waals surface area contributed by atoms with Gasteiger partial charge in [-0.1, -0.05) is 127 Å². The topological polar surface area (TPSA) is 29.5 Å². The molecular formula is C38H37NO2. The van der Waals surface area contributed by atoms with E-state index in [1.54, 1.807) is 0 Å². The van der Waals surface area contributed by atoms with E-state index in [1.165, 1.54) is 16.7 Å². The van der Waals surface area contributed by atoms with Gasteiger partial charge in [-0.3, -0.25) is 4.79 Å². The molecular weight excluding hydrogens is 502 g/mol. The van der Waals surface area contributed by atoms with Crippen molar-refractivity contribution < 1.29 is 9.53 Å². The zero-order chi connectivity index (χ0) is 28.1. The molecule has 0 spiro atoms. The van der Waals surface area contributed by atoms with Crippen LogP contribution in [0.25, 0.3) is 0 Å². The molecule has 0 aliphatic carbocycles. The van der Waals surface area contributed by atoms with Crippen LogP contribution in [0.5, 0.6) is 5.75 Å². The number of hydrogen-bond acceptors (Lipinski definition) is 2. The molecule has 5 rings (SSSR count). The quantitative estimate of drug-likeness (QED) is 0.150. The summed E-state index contributed by atoms with van der Waals surface area (Å²) in [6, 6.07) is 49.3. The fraction of sp³-hybridized carbons (Fsp3) is 0.184. The number of nitrogens with zero attached hydrogens (tertiary/aromatic N) is 1. The summed E-state index contributed by atoms with van der Waals surface area (Å²) in [6.07, 6.45) is 2.54. The number of rotatable bonds is 13. The predicted octanol–water partition coefficient (Wildman–Crippen LogP) is 8.56. The predicted molar refractivity (Wildman–Crippen MR) is 167 cm³/mol. The van der Waals surface area contributed by atoms with Crippen molar-refractivity contribution >= 4 is 5.91 Å². The van der Waals surface area contributed by atoms with Gasteiger partial charge in [-0.15, -0.1) is 0 Å². The van der Waals surface area contributed by atoms with E-state index in [9.17, 15) is 4.79 Å². The number of amides is 1. The number of benzene rings is 5. The molecule has 0 unspecified atom stereocenters. The van der Waals surface area contributed by atoms with Crippen molar-refractivity contribution in [2.75, 3.05) is 13.1 Å². The molecule has 0 aromatic heterocycles. The van der Waals surface area contributed by atoms with E-state index in [-0.39, 0.29) is 11.8 Å². The van der Waals surface area contributed by atoms with E-state index in [4.69, 9.17) is 4.74 Å². The molecule has 3 nitrogen and oxygen atoms in total. The van der Waals surface area contributed by atoms with Crippen molar-refractivity contribution in [1.82, 2.24) is 4.90 Å². The minimum Gasteiger partial charge on any atom is -0.489 e. The van der Waals surface area contributed by atoms with E-state index in [2.05, 4.69) is 84.9 Å². The van der Waals surface area contributed by atoms with E-state index >= 15 is 0 Å². The molecule has 0 aliphatic rings. The summed E-state index contributed by atoms with van der Waals surface area (Å²) in [6.45, 7) is 1.89. The number of carbonyl (C=O) groups is 1. The molecule has 0 atom stereocenters. The third-order valence-electron chi connectivity index (χ3n) is 7.48. The lowest BCUT2D eigenvalue weighted by Crippen LogP contribution is -2.34. The smallest absolute Gasteiger partial charge is 0.253 e. The first-order chi connectivity index (χ1) is 20.3. The Balaban J connectivity index is 1.29. The molecule has 1 amide bonds. The summed E-state index contributed by atoms with van der Waals surface area (Å²) in [4.78, 5) is 15.7. The number of para-hydroxylation sites is 1. The second-order valence-electron chi connectivity index (χ2n) is 10.3. The number of carbonyl (C=O) groups excluding carboxylic acids is 1. The van der Waals surface area contributed by atoms with Gasteiger partial charge in [-0.05, 0) is 59.7 Å². The SMILES string of the molecule is O=C(c1ccccc1)N(CCCc1ccccc1OCc1ccccc1)CCC(c1ccccc1)c1ccccc1. The van der Waals surface area contributed by atoms with Gasteiger partial charge in [0.05, 0.1) is 0 Å². The van der Waals surface area contributed by atoms with Crippen LogP contribution in [0.1, 0.15) is 51.4 Å². The van der Waals surface area contributed by atoms with E-state index in [1.807, 2.05) is 65.6 Å². The Morgan fingerprint density at radius 2 is 1.15 bits per heavy atom. The third kappa shape index (κ3) is 7.95. The van der Waals surface area contributed by atoms with Gasteiger partial charge in [-0.25, -0.2) is 0 Å². The molecule has 0 aliphatic heterocycles. The van der Waals surface area contributed by atoms with Gasteiger partial charge >= 0.3 is 0 Å². The summed E-state index contributed by atoms with van der Waals surface area (Å²) in [5.41, 5.74) is 5.59. The Labute approximate surface area is 244 Å². The molecule has 206 valence electrons. The molecule has 5 aromatic carbocycles. The summed E-state index contributed by atoms with van der Waals surface area (Å²) >= 11 is 0. The van der Waals surface area contributed by atoms with Crippen LogP contribution in [0.2, 0.25) is 0 Å². The fourth-order valence-electron chi connectivity index (χ4n) is 5.31. The molecule has 5 aromatic rings. The lowest BCUT2D eigenvalue weighted by atomic mass is 9.88. The molecule has 0 N–H and O–H groups in total. The van der Waals surface area contributed by atoms with Crippen molar-refractivity contribution in [2.45, 2.75) is 31.8 Å². The van der Waals surface area contributed by atoms with Crippen LogP contribution in [0, 0.1) is 0 Å². The van der Waals surface area contributed by atoms with Crippen LogP contribution < -0.4 is 4.74 Å². The van der Waals surface area contributed by atoms with Crippen molar-refractivity contribution in [3.05, 3.63) is 173 Å². The van der Waals surface area contributed by atoms with Crippen LogP contribution in [0.15, 0.2) is 146 Å². The Hall–Kier alpha value is -4.63. The zero-order valence-electron chi connectivity index (χ0n) is 23.4. The van der Waals surface area contributed by atoms with Crippen LogP contribution in [0.4, 0.5) is 0 Å². The van der Waals surface area contributed by atoms with Crippen LogP contribution >= 0.6 is 0 Å². The lowest BCUT2D eigenvalue weighted by molar-refractivity contribution is 0.0750. The Morgan fingerprint density at radius 1 is 0.610 bits per heavy atom. The Kier molecular flexibility index (Phi) is 9.99. The second kappa shape index (κ2) is 14.7. The third-order valence-corrected chi connectivity index (χ3v) is 7.48. The molecule has 0 saturated heterocycles. The highest BCUT2D eigenvalue weighted by Gasteiger charge is 2.20. The lowest BCUT2D eigenvalue weighted by Gasteiger charge is -2.26. The average Bonchev–Trinajstić information content (AvgIpc) is 3.05. The monoisotopic (exact) mass is 539 g/mol. The number of hydrogen-bond donors (Lipinski definition) is 0. The van der Waals surface area contributed by atoms with Crippen molar-refractivity contribution in [3.8, 4) is 5.75 Å². The van der Waals surface area contributed by atoms with Gasteiger partial charge < -0.3 is 9.64 Å². The highest BCUT2D eigenvalue weighted by Crippen LogP contribution is 2.29. The van der Waals surface area contributed by atoms with Crippen LogP contribution in [-0.4, -0.2) is 23.9 Å². The fourth-order valence-corrected chi connectivity index (χ4v) is 5.31. The molecule has 0 heterocycles. The summed E-state index contributed by atoms with van der Waals surface area (Å²) in [5, 5.41) is 0. The maximum Gasteiger partial charge on any atom is 0.253 e. The van der Waals surface area contributed by atoms with Gasteiger partial charge in [0.1, 0.15) is 12.4 Å². The normalized spacial score (nSPS) is 10.9. The summed E-state index contributed by atoms with van der Waals surface area (Å²) in [7, 11) is 0. The van der Waals surface area contributed by atoms with Gasteiger partial charge in [0, 0.05) is 24.6 Å². The van der Waals surface area contributed by atoms with Gasteiger partial charge in [0.25, 0.3) is 5.91 Å². The molecule has 0 saturated carbocycles. The van der Waals surface area contributed by atoms with Gasteiger partial charge in [0.15, 0.2) is 0 Å².